The zero-order chi connectivity index (χ0) is 23.5. The molecule has 1 N–H and O–H groups in total. The molecular formula is C26H19Br2NO4. The molecule has 0 radical (unpaired) electrons. The second-order valence-electron chi connectivity index (χ2n) is 7.16. The molecule has 4 rings (SSSR count). The normalized spacial score (nSPS) is 11.2. The Hall–Kier alpha value is -3.16. The van der Waals surface area contributed by atoms with Gasteiger partial charge in [0, 0.05) is 20.9 Å². The number of aromatic amines is 1. The van der Waals surface area contributed by atoms with E-state index in [1.54, 1.807) is 32.4 Å². The number of nitrogens with one attached hydrogen (secondary N) is 1. The van der Waals surface area contributed by atoms with Gasteiger partial charge in [0.15, 0.2) is 17.3 Å². The Labute approximate surface area is 207 Å². The minimum absolute atomic E-state index is 0.0830. The first kappa shape index (κ1) is 23.0. The van der Waals surface area contributed by atoms with Gasteiger partial charge in [0.25, 0.3) is 5.56 Å². The molecule has 0 aliphatic rings. The van der Waals surface area contributed by atoms with Gasteiger partial charge in [-0.25, -0.2) is 0 Å². The topological polar surface area (TPSA) is 68.4 Å². The maximum absolute atomic E-state index is 13.4. The van der Waals surface area contributed by atoms with Gasteiger partial charge in [-0.15, -0.1) is 0 Å². The molecule has 0 aliphatic heterocycles. The predicted octanol–water partition coefficient (Wildman–Crippen LogP) is 6.63. The molecule has 0 saturated heterocycles. The van der Waals surface area contributed by atoms with Crippen molar-refractivity contribution in [3.8, 4) is 22.6 Å². The van der Waals surface area contributed by atoms with Crippen molar-refractivity contribution >= 4 is 54.6 Å². The maximum Gasteiger partial charge on any atom is 0.260 e. The van der Waals surface area contributed by atoms with E-state index in [0.29, 0.717) is 32.6 Å². The van der Waals surface area contributed by atoms with Crippen LogP contribution in [0.5, 0.6) is 11.5 Å². The van der Waals surface area contributed by atoms with Crippen LogP contribution in [-0.2, 0) is 0 Å². The maximum atomic E-state index is 13.4. The van der Waals surface area contributed by atoms with E-state index in [1.165, 1.54) is 6.08 Å². The van der Waals surface area contributed by atoms with Crippen LogP contribution in [0.25, 0.3) is 28.1 Å². The van der Waals surface area contributed by atoms with E-state index in [-0.39, 0.29) is 5.56 Å². The zero-order valence-electron chi connectivity index (χ0n) is 17.8. The summed E-state index contributed by atoms with van der Waals surface area (Å²) in [4.78, 5) is 29.3. The molecule has 0 spiro atoms. The SMILES string of the molecule is COc1ccc(/C=C/C(=O)c2c(-c3ccccc3)c3cc(Br)ccc3[nH]c2=O)c(Br)c1OC. The van der Waals surface area contributed by atoms with Crippen LogP contribution in [0.2, 0.25) is 0 Å². The highest BCUT2D eigenvalue weighted by Crippen LogP contribution is 2.38. The number of ether oxygens (including phenoxy) is 2. The van der Waals surface area contributed by atoms with Crippen LogP contribution >= 0.6 is 31.9 Å². The van der Waals surface area contributed by atoms with Crippen molar-refractivity contribution in [3.63, 3.8) is 0 Å². The van der Waals surface area contributed by atoms with Gasteiger partial charge in [-0.05, 0) is 69.5 Å². The second kappa shape index (κ2) is 9.77. The standard InChI is InChI=1S/C26H19Br2NO4/c1-32-21-13-9-16(24(28)25(21)33-2)8-12-20(30)23-22(15-6-4-3-5-7-15)18-14-17(27)10-11-19(18)29-26(23)31/h3-14H,1-2H3,(H,29,31)/b12-8+. The highest BCUT2D eigenvalue weighted by atomic mass is 79.9. The van der Waals surface area contributed by atoms with Crippen molar-refractivity contribution in [1.82, 2.24) is 4.98 Å². The molecule has 1 heterocycles. The minimum Gasteiger partial charge on any atom is -0.493 e. The number of carbonyl (C=O) groups excluding carboxylic acids is 1. The van der Waals surface area contributed by atoms with Crippen molar-refractivity contribution in [2.45, 2.75) is 0 Å². The molecule has 33 heavy (non-hydrogen) atoms. The van der Waals surface area contributed by atoms with Crippen molar-refractivity contribution in [3.05, 3.63) is 97.2 Å². The third kappa shape index (κ3) is 4.51. The van der Waals surface area contributed by atoms with Crippen LogP contribution in [0.4, 0.5) is 0 Å². The number of rotatable bonds is 6. The molecule has 0 amide bonds. The van der Waals surface area contributed by atoms with E-state index in [1.807, 2.05) is 48.5 Å². The summed E-state index contributed by atoms with van der Waals surface area (Å²) < 4.78 is 12.2. The van der Waals surface area contributed by atoms with E-state index in [0.717, 1.165) is 15.4 Å². The van der Waals surface area contributed by atoms with Gasteiger partial charge < -0.3 is 14.5 Å². The monoisotopic (exact) mass is 567 g/mol. The lowest BCUT2D eigenvalue weighted by Crippen LogP contribution is -2.18. The Morgan fingerprint density at radius 3 is 2.42 bits per heavy atom. The van der Waals surface area contributed by atoms with Crippen LogP contribution < -0.4 is 15.0 Å². The number of pyridine rings is 1. The number of halogens is 2. The predicted molar refractivity (Wildman–Crippen MR) is 138 cm³/mol. The number of carbonyl (C=O) groups is 1. The van der Waals surface area contributed by atoms with Crippen molar-refractivity contribution < 1.29 is 14.3 Å². The molecule has 4 aromatic rings. The Kier molecular flexibility index (Phi) is 6.81. The van der Waals surface area contributed by atoms with E-state index in [2.05, 4.69) is 36.8 Å². The number of fused-ring (bicyclic) bond motifs is 1. The van der Waals surface area contributed by atoms with Crippen LogP contribution in [0.3, 0.4) is 0 Å². The Bertz CT molecular complexity index is 1440. The summed E-state index contributed by atoms with van der Waals surface area (Å²) in [6, 6.07) is 18.6. The van der Waals surface area contributed by atoms with Gasteiger partial charge in [-0.3, -0.25) is 9.59 Å². The summed E-state index contributed by atoms with van der Waals surface area (Å²) in [7, 11) is 3.10. The summed E-state index contributed by atoms with van der Waals surface area (Å²) in [5.41, 5.74) is 2.39. The third-order valence-electron chi connectivity index (χ3n) is 5.21. The molecule has 0 saturated carbocycles. The lowest BCUT2D eigenvalue weighted by atomic mass is 9.94. The number of benzene rings is 3. The van der Waals surface area contributed by atoms with E-state index >= 15 is 0 Å². The lowest BCUT2D eigenvalue weighted by molar-refractivity contribution is 0.104. The lowest BCUT2D eigenvalue weighted by Gasteiger charge is -2.12. The van der Waals surface area contributed by atoms with Gasteiger partial charge in [-0.1, -0.05) is 46.3 Å². The minimum atomic E-state index is -0.440. The van der Waals surface area contributed by atoms with E-state index in [9.17, 15) is 9.59 Å². The van der Waals surface area contributed by atoms with Gasteiger partial charge in [0.1, 0.15) is 0 Å². The first-order valence-corrected chi connectivity index (χ1v) is 11.6. The first-order chi connectivity index (χ1) is 15.9. The molecule has 0 bridgehead atoms. The molecule has 0 unspecified atom stereocenters. The summed E-state index contributed by atoms with van der Waals surface area (Å²) in [5.74, 6) is 0.680. The van der Waals surface area contributed by atoms with Crippen molar-refractivity contribution in [2.75, 3.05) is 14.2 Å². The van der Waals surface area contributed by atoms with Crippen LogP contribution in [-0.4, -0.2) is 25.0 Å². The Balaban J connectivity index is 1.88. The van der Waals surface area contributed by atoms with Crippen LogP contribution in [0.1, 0.15) is 15.9 Å². The number of methoxy groups -OCH3 is 2. The first-order valence-electron chi connectivity index (χ1n) is 9.98. The molecule has 1 aromatic heterocycles. The molecule has 3 aromatic carbocycles. The molecule has 0 aliphatic carbocycles. The summed E-state index contributed by atoms with van der Waals surface area (Å²) in [6.45, 7) is 0. The molecular weight excluding hydrogens is 550 g/mol. The highest BCUT2D eigenvalue weighted by molar-refractivity contribution is 9.10. The van der Waals surface area contributed by atoms with Gasteiger partial charge in [-0.2, -0.15) is 0 Å². The molecule has 166 valence electrons. The Morgan fingerprint density at radius 2 is 1.73 bits per heavy atom. The fraction of sp³-hybridized carbons (Fsp3) is 0.0769. The number of ketones is 1. The molecule has 5 nitrogen and oxygen atoms in total. The highest BCUT2D eigenvalue weighted by Gasteiger charge is 2.20. The number of allylic oxidation sites excluding steroid dienone is 1. The quantitative estimate of drug-likeness (QED) is 0.209. The molecule has 0 fully saturated rings. The summed E-state index contributed by atoms with van der Waals surface area (Å²) >= 11 is 7.00. The smallest absolute Gasteiger partial charge is 0.260 e. The summed E-state index contributed by atoms with van der Waals surface area (Å²) in [6.07, 6.45) is 3.04. The number of aromatic nitrogens is 1. The van der Waals surface area contributed by atoms with Crippen molar-refractivity contribution in [2.24, 2.45) is 0 Å². The average Bonchev–Trinajstić information content (AvgIpc) is 2.82. The fourth-order valence-electron chi connectivity index (χ4n) is 3.69. The Morgan fingerprint density at radius 1 is 0.970 bits per heavy atom. The second-order valence-corrected chi connectivity index (χ2v) is 8.87. The van der Waals surface area contributed by atoms with Gasteiger partial charge in [0.05, 0.1) is 24.3 Å². The number of hydrogen-bond donors (Lipinski definition) is 1. The van der Waals surface area contributed by atoms with Crippen LogP contribution in [0, 0.1) is 0 Å². The number of H-pyrrole nitrogens is 1. The molecule has 0 atom stereocenters. The van der Waals surface area contributed by atoms with Gasteiger partial charge in [0.2, 0.25) is 0 Å². The fourth-order valence-corrected chi connectivity index (χ4v) is 4.67. The van der Waals surface area contributed by atoms with E-state index < -0.39 is 11.3 Å². The third-order valence-corrected chi connectivity index (χ3v) is 6.53. The zero-order valence-corrected chi connectivity index (χ0v) is 21.0. The van der Waals surface area contributed by atoms with Crippen LogP contribution in [0.15, 0.2) is 80.5 Å². The summed E-state index contributed by atoms with van der Waals surface area (Å²) in [5, 5.41) is 0.777. The average molecular weight is 569 g/mol. The number of hydrogen-bond acceptors (Lipinski definition) is 4. The van der Waals surface area contributed by atoms with Gasteiger partial charge >= 0.3 is 0 Å². The molecule has 7 heteroatoms. The van der Waals surface area contributed by atoms with Crippen molar-refractivity contribution in [1.29, 1.82) is 0 Å². The largest absolute Gasteiger partial charge is 0.493 e. The van der Waals surface area contributed by atoms with E-state index in [4.69, 9.17) is 9.47 Å².